The maximum Gasteiger partial charge on any atom is 0.252 e. The first-order valence-electron chi connectivity index (χ1n) is 6.98. The zero-order valence-corrected chi connectivity index (χ0v) is 13.6. The molecule has 23 heavy (non-hydrogen) atoms. The van der Waals surface area contributed by atoms with Crippen molar-refractivity contribution < 1.29 is 14.3 Å². The fourth-order valence-corrected chi connectivity index (χ4v) is 2.83. The maximum atomic E-state index is 13.7. The molecule has 0 atom stereocenters. The van der Waals surface area contributed by atoms with Crippen LogP contribution in [0.2, 0.25) is 0 Å². The Morgan fingerprint density at radius 1 is 1.13 bits per heavy atom. The quantitative estimate of drug-likeness (QED) is 0.715. The zero-order valence-electron chi connectivity index (χ0n) is 12.0. The van der Waals surface area contributed by atoms with Gasteiger partial charge in [-0.3, -0.25) is 4.79 Å². The Morgan fingerprint density at radius 2 is 1.96 bits per heavy atom. The first-order valence-corrected chi connectivity index (χ1v) is 7.78. The standard InChI is InChI=1S/C18H13BrFNO2/c19-13-4-7-17(20)12(8-13)10-21-18(23)16-3-1-2-11-9-14(22)5-6-15(11)16/h1-9,22H,10H2,(H,21,23). The third-order valence-electron chi connectivity index (χ3n) is 3.56. The predicted molar refractivity (Wildman–Crippen MR) is 90.9 cm³/mol. The lowest BCUT2D eigenvalue weighted by atomic mass is 10.0. The monoisotopic (exact) mass is 373 g/mol. The van der Waals surface area contributed by atoms with Gasteiger partial charge in [-0.05, 0) is 53.2 Å². The number of amides is 1. The van der Waals surface area contributed by atoms with E-state index in [1.807, 2.05) is 6.07 Å². The fourth-order valence-electron chi connectivity index (χ4n) is 2.42. The second kappa shape index (κ2) is 6.38. The second-order valence-corrected chi connectivity index (χ2v) is 6.05. The lowest BCUT2D eigenvalue weighted by Crippen LogP contribution is -2.23. The van der Waals surface area contributed by atoms with Gasteiger partial charge < -0.3 is 10.4 Å². The molecule has 3 rings (SSSR count). The normalized spacial score (nSPS) is 10.7. The van der Waals surface area contributed by atoms with Gasteiger partial charge in [-0.15, -0.1) is 0 Å². The van der Waals surface area contributed by atoms with Crippen molar-refractivity contribution in [2.45, 2.75) is 6.54 Å². The number of fused-ring (bicyclic) bond motifs is 1. The number of hydrogen-bond acceptors (Lipinski definition) is 2. The molecule has 3 nitrogen and oxygen atoms in total. The van der Waals surface area contributed by atoms with Crippen LogP contribution >= 0.6 is 15.9 Å². The number of benzene rings is 3. The smallest absolute Gasteiger partial charge is 0.252 e. The van der Waals surface area contributed by atoms with E-state index in [1.54, 1.807) is 36.4 Å². The Hall–Kier alpha value is -2.40. The molecule has 116 valence electrons. The summed E-state index contributed by atoms with van der Waals surface area (Å²) < 4.78 is 14.5. The lowest BCUT2D eigenvalue weighted by Gasteiger charge is -2.09. The van der Waals surface area contributed by atoms with Gasteiger partial charge in [-0.25, -0.2) is 4.39 Å². The van der Waals surface area contributed by atoms with Gasteiger partial charge in [0.25, 0.3) is 5.91 Å². The topological polar surface area (TPSA) is 49.3 Å². The predicted octanol–water partition coefficient (Wildman–Crippen LogP) is 4.38. The number of rotatable bonds is 3. The van der Waals surface area contributed by atoms with Crippen molar-refractivity contribution in [1.82, 2.24) is 5.32 Å². The molecule has 0 radical (unpaired) electrons. The van der Waals surface area contributed by atoms with Crippen LogP contribution in [-0.2, 0) is 6.54 Å². The summed E-state index contributed by atoms with van der Waals surface area (Å²) in [5.41, 5.74) is 0.892. The van der Waals surface area contributed by atoms with Gasteiger partial charge in [-0.2, -0.15) is 0 Å². The van der Waals surface area contributed by atoms with E-state index in [2.05, 4.69) is 21.2 Å². The van der Waals surface area contributed by atoms with E-state index in [4.69, 9.17) is 0 Å². The van der Waals surface area contributed by atoms with Crippen LogP contribution in [0.4, 0.5) is 4.39 Å². The molecule has 5 heteroatoms. The van der Waals surface area contributed by atoms with E-state index in [0.29, 0.717) is 11.1 Å². The van der Waals surface area contributed by atoms with Crippen LogP contribution in [0.25, 0.3) is 10.8 Å². The van der Waals surface area contributed by atoms with Gasteiger partial charge in [0, 0.05) is 22.1 Å². The van der Waals surface area contributed by atoms with E-state index in [1.165, 1.54) is 12.1 Å². The molecule has 0 heterocycles. The highest BCUT2D eigenvalue weighted by molar-refractivity contribution is 9.10. The Labute approximate surface area is 140 Å². The molecular formula is C18H13BrFNO2. The van der Waals surface area contributed by atoms with Crippen LogP contribution in [0.15, 0.2) is 59.1 Å². The molecule has 0 unspecified atom stereocenters. The van der Waals surface area contributed by atoms with Gasteiger partial charge >= 0.3 is 0 Å². The van der Waals surface area contributed by atoms with Crippen LogP contribution in [0.3, 0.4) is 0 Å². The Balaban J connectivity index is 1.85. The highest BCUT2D eigenvalue weighted by Crippen LogP contribution is 2.23. The van der Waals surface area contributed by atoms with Crippen molar-refractivity contribution >= 4 is 32.6 Å². The molecule has 0 aliphatic rings. The van der Waals surface area contributed by atoms with Crippen LogP contribution in [-0.4, -0.2) is 11.0 Å². The van der Waals surface area contributed by atoms with E-state index >= 15 is 0 Å². The third-order valence-corrected chi connectivity index (χ3v) is 4.05. The van der Waals surface area contributed by atoms with E-state index < -0.39 is 0 Å². The van der Waals surface area contributed by atoms with Crippen molar-refractivity contribution in [2.75, 3.05) is 0 Å². The number of nitrogens with one attached hydrogen (secondary N) is 1. The van der Waals surface area contributed by atoms with Crippen LogP contribution in [0, 0.1) is 5.82 Å². The fraction of sp³-hybridized carbons (Fsp3) is 0.0556. The average Bonchev–Trinajstić information content (AvgIpc) is 2.54. The number of carbonyl (C=O) groups is 1. The summed E-state index contributed by atoms with van der Waals surface area (Å²) >= 11 is 3.28. The Kier molecular flexibility index (Phi) is 4.30. The summed E-state index contributed by atoms with van der Waals surface area (Å²) in [5.74, 6) is -0.511. The van der Waals surface area contributed by atoms with Crippen molar-refractivity contribution in [1.29, 1.82) is 0 Å². The summed E-state index contributed by atoms with van der Waals surface area (Å²) in [5, 5.41) is 13.8. The molecule has 2 N–H and O–H groups in total. The summed E-state index contributed by atoms with van der Waals surface area (Å²) in [4.78, 5) is 12.4. The molecule has 0 fully saturated rings. The first-order chi connectivity index (χ1) is 11.0. The van der Waals surface area contributed by atoms with Crippen LogP contribution in [0.5, 0.6) is 5.75 Å². The zero-order chi connectivity index (χ0) is 16.4. The lowest BCUT2D eigenvalue weighted by molar-refractivity contribution is 0.0952. The third kappa shape index (κ3) is 3.35. The molecular weight excluding hydrogens is 361 g/mol. The molecule has 0 saturated heterocycles. The van der Waals surface area contributed by atoms with E-state index in [9.17, 15) is 14.3 Å². The maximum absolute atomic E-state index is 13.7. The molecule has 0 bridgehead atoms. The summed E-state index contributed by atoms with van der Waals surface area (Å²) in [6, 6.07) is 14.7. The number of phenols is 1. The summed E-state index contributed by atoms with van der Waals surface area (Å²) in [7, 11) is 0. The van der Waals surface area contributed by atoms with Crippen LogP contribution in [0.1, 0.15) is 15.9 Å². The Bertz CT molecular complexity index is 895. The molecule has 0 saturated carbocycles. The molecule has 3 aromatic carbocycles. The van der Waals surface area contributed by atoms with E-state index in [0.717, 1.165) is 15.2 Å². The number of hydrogen-bond donors (Lipinski definition) is 2. The highest BCUT2D eigenvalue weighted by atomic mass is 79.9. The molecule has 0 aliphatic heterocycles. The van der Waals surface area contributed by atoms with Gasteiger partial charge in [0.2, 0.25) is 0 Å². The van der Waals surface area contributed by atoms with Gasteiger partial charge in [0.15, 0.2) is 0 Å². The summed E-state index contributed by atoms with van der Waals surface area (Å²) in [6.07, 6.45) is 0. The van der Waals surface area contributed by atoms with Crippen molar-refractivity contribution in [3.05, 3.63) is 76.0 Å². The van der Waals surface area contributed by atoms with Gasteiger partial charge in [0.05, 0.1) is 0 Å². The van der Waals surface area contributed by atoms with E-state index in [-0.39, 0.29) is 24.0 Å². The molecule has 3 aromatic rings. The Morgan fingerprint density at radius 3 is 2.78 bits per heavy atom. The molecule has 1 amide bonds. The number of aromatic hydroxyl groups is 1. The van der Waals surface area contributed by atoms with Crippen molar-refractivity contribution in [2.24, 2.45) is 0 Å². The molecule has 0 aromatic heterocycles. The highest BCUT2D eigenvalue weighted by Gasteiger charge is 2.11. The van der Waals surface area contributed by atoms with Gasteiger partial charge in [0.1, 0.15) is 11.6 Å². The summed E-state index contributed by atoms with van der Waals surface area (Å²) in [6.45, 7) is 0.0958. The molecule has 0 spiro atoms. The minimum absolute atomic E-state index is 0.0958. The minimum Gasteiger partial charge on any atom is -0.508 e. The molecule has 0 aliphatic carbocycles. The number of halogens is 2. The van der Waals surface area contributed by atoms with Crippen molar-refractivity contribution in [3.63, 3.8) is 0 Å². The number of phenolic OH excluding ortho intramolecular Hbond substituents is 1. The van der Waals surface area contributed by atoms with Gasteiger partial charge in [-0.1, -0.05) is 28.1 Å². The second-order valence-electron chi connectivity index (χ2n) is 5.13. The number of carbonyl (C=O) groups excluding carboxylic acids is 1. The van der Waals surface area contributed by atoms with Crippen molar-refractivity contribution in [3.8, 4) is 5.75 Å². The minimum atomic E-state index is -0.364. The first kappa shape index (κ1) is 15.5. The average molecular weight is 374 g/mol. The largest absolute Gasteiger partial charge is 0.508 e. The SMILES string of the molecule is O=C(NCc1cc(Br)ccc1F)c1cccc2cc(O)ccc12. The van der Waals surface area contributed by atoms with Crippen LogP contribution < -0.4 is 5.32 Å².